The summed E-state index contributed by atoms with van der Waals surface area (Å²) in [6.07, 6.45) is -2.62. The van der Waals surface area contributed by atoms with E-state index >= 15 is 0 Å². The number of sulfonamides is 1. The molecule has 4 rings (SSSR count). The summed E-state index contributed by atoms with van der Waals surface area (Å²) in [6.45, 7) is 0.190. The van der Waals surface area contributed by atoms with E-state index in [9.17, 15) is 30.8 Å². The van der Waals surface area contributed by atoms with Crippen LogP contribution in [0.3, 0.4) is 0 Å². The van der Waals surface area contributed by atoms with Gasteiger partial charge in [0.15, 0.2) is 0 Å². The lowest BCUT2D eigenvalue weighted by Gasteiger charge is -2.45. The molecule has 0 aromatic heterocycles. The molecule has 5 nitrogen and oxygen atoms in total. The maximum Gasteiger partial charge on any atom is 0.416 e. The second-order valence-corrected chi connectivity index (χ2v) is 10.1. The van der Waals surface area contributed by atoms with Gasteiger partial charge in [0.25, 0.3) is 0 Å². The first-order valence-electron chi connectivity index (χ1n) is 10.3. The Hall–Kier alpha value is -2.46. The lowest BCUT2D eigenvalue weighted by molar-refractivity contribution is -0.142. The zero-order chi connectivity index (χ0) is 23.1. The van der Waals surface area contributed by atoms with Gasteiger partial charge in [-0.1, -0.05) is 24.6 Å². The van der Waals surface area contributed by atoms with E-state index in [0.29, 0.717) is 24.5 Å². The quantitative estimate of drug-likeness (QED) is 0.639. The van der Waals surface area contributed by atoms with Gasteiger partial charge in [-0.3, -0.25) is 4.79 Å². The van der Waals surface area contributed by atoms with Gasteiger partial charge in [-0.25, -0.2) is 12.8 Å². The van der Waals surface area contributed by atoms with Gasteiger partial charge in [0.05, 0.1) is 15.9 Å². The number of nitrogens with zero attached hydrogens (tertiary/aromatic N) is 2. The van der Waals surface area contributed by atoms with Gasteiger partial charge in [0.2, 0.25) is 15.9 Å². The summed E-state index contributed by atoms with van der Waals surface area (Å²) in [5.74, 6) is -0.580. The number of carbonyl (C=O) groups is 1. The average Bonchev–Trinajstić information content (AvgIpc) is 2.72. The maximum absolute atomic E-state index is 13.7. The standard InChI is InChI=1S/C22H22F4N2O3S/c23-18-6-1-4-16(14-18)21(8-3-9-21)20(29)27-10-12-28(13-11-27)32(30,31)19-7-2-5-17(15-19)22(24,25)26/h1-2,4-7,14-15H,3,8-13H2. The number of halogens is 4. The summed E-state index contributed by atoms with van der Waals surface area (Å²) < 4.78 is 79.5. The molecule has 2 aromatic rings. The highest BCUT2D eigenvalue weighted by Crippen LogP contribution is 2.45. The van der Waals surface area contributed by atoms with Crippen LogP contribution in [0.25, 0.3) is 0 Å². The number of benzene rings is 2. The van der Waals surface area contributed by atoms with Crippen molar-refractivity contribution in [1.29, 1.82) is 0 Å². The van der Waals surface area contributed by atoms with Crippen LogP contribution in [0, 0.1) is 5.82 Å². The zero-order valence-corrected chi connectivity index (χ0v) is 17.9. The molecule has 0 N–H and O–H groups in total. The number of amides is 1. The van der Waals surface area contributed by atoms with E-state index in [1.165, 1.54) is 12.1 Å². The first kappa shape index (κ1) is 22.7. The molecular formula is C22H22F4N2O3S. The molecule has 0 radical (unpaired) electrons. The number of rotatable bonds is 4. The van der Waals surface area contributed by atoms with Crippen LogP contribution >= 0.6 is 0 Å². The topological polar surface area (TPSA) is 57.7 Å². The number of hydrogen-bond donors (Lipinski definition) is 0. The van der Waals surface area contributed by atoms with E-state index < -0.39 is 37.9 Å². The second-order valence-electron chi connectivity index (χ2n) is 8.17. The van der Waals surface area contributed by atoms with Gasteiger partial charge in [0.1, 0.15) is 5.82 Å². The number of alkyl halides is 3. The molecule has 10 heteroatoms. The molecule has 0 unspecified atom stereocenters. The summed E-state index contributed by atoms with van der Waals surface area (Å²) in [4.78, 5) is 14.4. The molecule has 2 aromatic carbocycles. The van der Waals surface area contributed by atoms with Crippen molar-refractivity contribution in [2.24, 2.45) is 0 Å². The van der Waals surface area contributed by atoms with Crippen molar-refractivity contribution in [2.45, 2.75) is 35.7 Å². The Morgan fingerprint density at radius 1 is 0.938 bits per heavy atom. The average molecular weight is 470 g/mol. The van der Waals surface area contributed by atoms with Crippen LogP contribution in [0.4, 0.5) is 17.6 Å². The molecule has 1 saturated carbocycles. The Bertz CT molecular complexity index is 1120. The Labute approximate surface area is 183 Å². The molecule has 0 spiro atoms. The molecule has 1 heterocycles. The fourth-order valence-corrected chi connectivity index (χ4v) is 5.83. The van der Waals surface area contributed by atoms with Gasteiger partial charge < -0.3 is 4.90 Å². The van der Waals surface area contributed by atoms with E-state index in [1.54, 1.807) is 17.0 Å². The third-order valence-electron chi connectivity index (χ3n) is 6.32. The summed E-state index contributed by atoms with van der Waals surface area (Å²) in [6, 6.07) is 9.62. The molecule has 172 valence electrons. The van der Waals surface area contributed by atoms with Gasteiger partial charge in [0, 0.05) is 26.2 Å². The molecule has 0 atom stereocenters. The fourth-order valence-electron chi connectivity index (χ4n) is 4.36. The van der Waals surface area contributed by atoms with E-state index in [0.717, 1.165) is 28.9 Å². The lowest BCUT2D eigenvalue weighted by atomic mass is 9.63. The first-order chi connectivity index (χ1) is 15.0. The molecule has 2 aliphatic rings. The fraction of sp³-hybridized carbons (Fsp3) is 0.409. The van der Waals surface area contributed by atoms with E-state index in [-0.39, 0.29) is 32.1 Å². The highest BCUT2D eigenvalue weighted by molar-refractivity contribution is 7.89. The SMILES string of the molecule is O=C(N1CCN(S(=O)(=O)c2cccc(C(F)(F)F)c2)CC1)C1(c2cccc(F)c2)CCC1. The van der Waals surface area contributed by atoms with Crippen molar-refractivity contribution in [3.63, 3.8) is 0 Å². The Balaban J connectivity index is 1.49. The van der Waals surface area contributed by atoms with Gasteiger partial charge in [-0.15, -0.1) is 0 Å². The molecule has 32 heavy (non-hydrogen) atoms. The smallest absolute Gasteiger partial charge is 0.339 e. The summed E-state index contributed by atoms with van der Waals surface area (Å²) in [5.41, 5.74) is -1.22. The van der Waals surface area contributed by atoms with Crippen molar-refractivity contribution in [2.75, 3.05) is 26.2 Å². The minimum atomic E-state index is -4.65. The second kappa shape index (κ2) is 8.15. The Morgan fingerprint density at radius 3 is 2.16 bits per heavy atom. The van der Waals surface area contributed by atoms with E-state index in [4.69, 9.17) is 0 Å². The third-order valence-corrected chi connectivity index (χ3v) is 8.21. The minimum Gasteiger partial charge on any atom is -0.339 e. The molecule has 1 saturated heterocycles. The number of hydrogen-bond acceptors (Lipinski definition) is 3. The maximum atomic E-state index is 13.7. The molecule has 2 fully saturated rings. The summed E-state index contributed by atoms with van der Waals surface area (Å²) in [7, 11) is -4.13. The van der Waals surface area contributed by atoms with Gasteiger partial charge in [-0.05, 0) is 48.7 Å². The van der Waals surface area contributed by atoms with Crippen LogP contribution in [0.5, 0.6) is 0 Å². The molecule has 1 aliphatic carbocycles. The number of piperazine rings is 1. The number of carbonyl (C=O) groups excluding carboxylic acids is 1. The predicted octanol–water partition coefficient (Wildman–Crippen LogP) is 3.80. The monoisotopic (exact) mass is 470 g/mol. The highest BCUT2D eigenvalue weighted by atomic mass is 32.2. The molecule has 1 aliphatic heterocycles. The van der Waals surface area contributed by atoms with Crippen LogP contribution in [-0.2, 0) is 26.4 Å². The molecule has 0 bridgehead atoms. The molecule has 1 amide bonds. The van der Waals surface area contributed by atoms with Crippen molar-refractivity contribution in [3.8, 4) is 0 Å². The first-order valence-corrected chi connectivity index (χ1v) is 11.7. The van der Waals surface area contributed by atoms with E-state index in [1.807, 2.05) is 0 Å². The summed E-state index contributed by atoms with van der Waals surface area (Å²) >= 11 is 0. The van der Waals surface area contributed by atoms with Gasteiger partial charge >= 0.3 is 6.18 Å². The van der Waals surface area contributed by atoms with E-state index in [2.05, 4.69) is 0 Å². The zero-order valence-electron chi connectivity index (χ0n) is 17.1. The highest BCUT2D eigenvalue weighted by Gasteiger charge is 2.48. The van der Waals surface area contributed by atoms with Crippen LogP contribution < -0.4 is 0 Å². The normalized spacial score (nSPS) is 19.4. The Morgan fingerprint density at radius 2 is 1.59 bits per heavy atom. The van der Waals surface area contributed by atoms with Crippen molar-refractivity contribution in [1.82, 2.24) is 9.21 Å². The minimum absolute atomic E-state index is 0.0243. The Kier molecular flexibility index (Phi) is 5.79. The van der Waals surface area contributed by atoms with Crippen LogP contribution in [0.2, 0.25) is 0 Å². The van der Waals surface area contributed by atoms with Crippen LogP contribution in [0.15, 0.2) is 53.4 Å². The predicted molar refractivity (Wildman–Crippen MR) is 109 cm³/mol. The van der Waals surface area contributed by atoms with Crippen molar-refractivity contribution in [3.05, 3.63) is 65.5 Å². The van der Waals surface area contributed by atoms with Crippen molar-refractivity contribution < 1.29 is 30.8 Å². The molecular weight excluding hydrogens is 448 g/mol. The van der Waals surface area contributed by atoms with Crippen LogP contribution in [-0.4, -0.2) is 49.7 Å². The third kappa shape index (κ3) is 4.01. The summed E-state index contributed by atoms with van der Waals surface area (Å²) in [5, 5.41) is 0. The largest absolute Gasteiger partial charge is 0.416 e. The van der Waals surface area contributed by atoms with Gasteiger partial charge in [-0.2, -0.15) is 17.5 Å². The van der Waals surface area contributed by atoms with Crippen molar-refractivity contribution >= 4 is 15.9 Å². The lowest BCUT2D eigenvalue weighted by Crippen LogP contribution is -2.57. The van der Waals surface area contributed by atoms with Crippen LogP contribution in [0.1, 0.15) is 30.4 Å².